The highest BCUT2D eigenvalue weighted by Gasteiger charge is 2.48. The van der Waals surface area contributed by atoms with Crippen molar-refractivity contribution in [1.82, 2.24) is 15.1 Å². The summed E-state index contributed by atoms with van der Waals surface area (Å²) in [7, 11) is -5.77. The molecule has 11 atom stereocenters. The lowest BCUT2D eigenvalue weighted by molar-refractivity contribution is -0.233. The topological polar surface area (TPSA) is 327 Å². The van der Waals surface area contributed by atoms with Crippen LogP contribution in [0.5, 0.6) is 0 Å². The van der Waals surface area contributed by atoms with E-state index in [4.69, 9.17) is 54.8 Å². The second-order valence-corrected chi connectivity index (χ2v) is 15.4. The van der Waals surface area contributed by atoms with Crippen LogP contribution in [0, 0.1) is 0 Å². The molecule has 0 bridgehead atoms. The maximum absolute atomic E-state index is 15.4. The number of aliphatic hydroxyl groups is 2. The van der Waals surface area contributed by atoms with E-state index in [9.17, 15) is 43.7 Å². The molecule has 1 saturated heterocycles. The first-order chi connectivity index (χ1) is 24.6. The summed E-state index contributed by atoms with van der Waals surface area (Å²) in [6.07, 6.45) is -15.5. The fraction of sp³-hybridized carbons (Fsp3) is 0.654. The number of nitrogens with zero attached hydrogens (tertiary/aromatic N) is 3. The Morgan fingerprint density at radius 2 is 1.62 bits per heavy atom. The van der Waals surface area contributed by atoms with Crippen LogP contribution in [0.25, 0.3) is 11.1 Å². The van der Waals surface area contributed by atoms with Crippen molar-refractivity contribution in [3.63, 3.8) is 0 Å². The van der Waals surface area contributed by atoms with Gasteiger partial charge in [-0.2, -0.15) is 0 Å². The molecule has 0 saturated carbocycles. The van der Waals surface area contributed by atoms with Gasteiger partial charge < -0.3 is 63.2 Å². The van der Waals surface area contributed by atoms with Gasteiger partial charge in [0, 0.05) is 27.7 Å². The molecule has 23 nitrogen and oxygen atoms in total. The number of nitrogen functional groups attached to an aromatic ring is 1. The largest absolute Gasteiger partial charge is 0.481 e. The molecule has 0 radical (unpaired) electrons. The quantitative estimate of drug-likeness (QED) is 0.0529. The van der Waals surface area contributed by atoms with Crippen LogP contribution in [-0.4, -0.2) is 128 Å². The molecule has 1 aliphatic rings. The van der Waals surface area contributed by atoms with Crippen LogP contribution in [-0.2, 0) is 77.3 Å². The second-order valence-electron chi connectivity index (χ2n) is 11.1. The van der Waals surface area contributed by atoms with Crippen molar-refractivity contribution >= 4 is 67.1 Å². The van der Waals surface area contributed by atoms with Crippen molar-refractivity contribution in [3.8, 4) is 0 Å². The number of fused-ring (bicyclic) bond motifs is 1. The molecule has 0 aromatic carbocycles. The Bertz CT molecular complexity index is 1720. The first-order valence-corrected chi connectivity index (χ1v) is 19.2. The number of aromatic nitrogens is 3. The Kier molecular flexibility index (Phi) is 15.7. The third-order valence-corrected chi connectivity index (χ3v) is 10.3. The number of carbonyl (C=O) groups excluding carboxylic acids is 4. The van der Waals surface area contributed by atoms with E-state index >= 15 is 4.39 Å². The van der Waals surface area contributed by atoms with E-state index in [1.807, 2.05) is 0 Å². The average Bonchev–Trinajstić information content (AvgIpc) is 3.58. The number of phosphoric acid groups is 1. The zero-order valence-corrected chi connectivity index (χ0v) is 31.0. The number of phosphoric ester groups is 1. The fourth-order valence-corrected chi connectivity index (χ4v) is 7.71. The summed E-state index contributed by atoms with van der Waals surface area (Å²) in [5, 5.41) is 25.0. The number of alkyl halides is 1. The van der Waals surface area contributed by atoms with E-state index in [1.54, 1.807) is 0 Å². The van der Waals surface area contributed by atoms with Crippen LogP contribution >= 0.6 is 14.5 Å². The van der Waals surface area contributed by atoms with Gasteiger partial charge in [-0.05, 0) is 18.7 Å². The number of aliphatic hydroxyl groups excluding tert-OH is 2. The predicted molar refractivity (Wildman–Crippen MR) is 172 cm³/mol. The van der Waals surface area contributed by atoms with Gasteiger partial charge in [0.15, 0.2) is 18.1 Å². The summed E-state index contributed by atoms with van der Waals surface area (Å²) < 4.78 is 79.1. The molecule has 0 spiro atoms. The van der Waals surface area contributed by atoms with Crippen molar-refractivity contribution < 1.29 is 94.4 Å². The van der Waals surface area contributed by atoms with Crippen LogP contribution in [0.4, 0.5) is 10.2 Å². The van der Waals surface area contributed by atoms with Crippen LogP contribution in [0.2, 0.25) is 0 Å². The molecule has 53 heavy (non-hydrogen) atoms. The monoisotopic (exact) mass is 822 g/mol. The lowest BCUT2D eigenvalue weighted by Gasteiger charge is -2.34. The van der Waals surface area contributed by atoms with E-state index < -0.39 is 113 Å². The normalized spacial score (nSPS) is 23.8. The van der Waals surface area contributed by atoms with Crippen LogP contribution < -0.4 is 5.73 Å². The second kappa shape index (κ2) is 18.8. The third kappa shape index (κ3) is 12.9. The molecule has 2 aromatic heterocycles. The predicted octanol–water partition coefficient (Wildman–Crippen LogP) is -0.212. The number of halogens is 1. The van der Waals surface area contributed by atoms with Crippen molar-refractivity contribution in [2.75, 3.05) is 25.6 Å². The molecule has 3 heterocycles. The van der Waals surface area contributed by atoms with Gasteiger partial charge >= 0.3 is 38.4 Å². The first kappa shape index (κ1) is 44.1. The number of nitrogens with two attached hydrogens (primary N) is 1. The summed E-state index contributed by atoms with van der Waals surface area (Å²) in [6.45, 7) is -2.81. The summed E-state index contributed by atoms with van der Waals surface area (Å²) in [5.74, 6) is -3.95. The molecule has 2 aromatic rings. The molecule has 8 unspecified atom stereocenters. The highest BCUT2D eigenvalue weighted by molar-refractivity contribution is 8.08. The molecule has 0 amide bonds. The van der Waals surface area contributed by atoms with E-state index in [2.05, 4.69) is 24.2 Å². The van der Waals surface area contributed by atoms with E-state index in [-0.39, 0.29) is 22.6 Å². The van der Waals surface area contributed by atoms with Crippen molar-refractivity contribution in [2.45, 2.75) is 89.8 Å². The summed E-state index contributed by atoms with van der Waals surface area (Å²) >= 11 is 4.82. The third-order valence-electron chi connectivity index (χ3n) is 6.77. The fourth-order valence-electron chi connectivity index (χ4n) is 4.60. The zero-order chi connectivity index (χ0) is 39.8. The SMILES string of the molecule is CC(=O)OC[C@H](F)C(OC(OP(=O)(O)OP(O)(=S)OCC1OC(c2noc3c(N)ncnc23)C(O)C1O)[C@@H](COC(C)=O)OC(C)=O)[C@H](C)OC(C)=O. The number of esters is 4. The molecule has 1 fully saturated rings. The highest BCUT2D eigenvalue weighted by atomic mass is 32.5. The van der Waals surface area contributed by atoms with Gasteiger partial charge in [-0.25, -0.2) is 23.2 Å². The smallest absolute Gasteiger partial charge is 0.463 e. The Hall–Kier alpha value is -3.32. The standard InChI is InChI=1S/C26H37FN4O19P2S/c1-10(44-13(4)34)22(15(27)6-41-11(2)32)47-26(17(45-14(5)35)7-42-12(3)33)49-51(38,39)50-52(40,53)43-8-16-20(36)21(37)23(46-16)19-18-24(48-31-19)25(28)30-9-29-18/h9-10,15-17,20-23,26,36-37H,6-8H2,1-5H3,(H,38,39)(H,40,53)(H2,28,29,30)/t10-,15-,16?,17+,20?,21?,22?,23?,26?,52?/m0/s1. The summed E-state index contributed by atoms with van der Waals surface area (Å²) in [4.78, 5) is 75.5. The number of anilines is 1. The minimum atomic E-state index is -5.77. The summed E-state index contributed by atoms with van der Waals surface area (Å²) in [5.41, 5.74) is 5.67. The number of ether oxygens (including phenoxy) is 6. The molecule has 1 aliphatic heterocycles. The van der Waals surface area contributed by atoms with Gasteiger partial charge in [0.25, 0.3) is 0 Å². The first-order valence-electron chi connectivity index (χ1n) is 15.1. The molecule has 3 rings (SSSR count). The van der Waals surface area contributed by atoms with Gasteiger partial charge in [-0.3, -0.25) is 23.7 Å². The lowest BCUT2D eigenvalue weighted by atomic mass is 10.1. The Balaban J connectivity index is 1.82. The van der Waals surface area contributed by atoms with Gasteiger partial charge in [0.2, 0.25) is 11.9 Å². The average molecular weight is 823 g/mol. The minimum Gasteiger partial charge on any atom is -0.463 e. The Morgan fingerprint density at radius 1 is 1.00 bits per heavy atom. The van der Waals surface area contributed by atoms with Crippen LogP contribution in [0.1, 0.15) is 46.4 Å². The molecular formula is C26H37FN4O19P2S. The maximum Gasteiger partial charge on any atom is 0.481 e. The maximum atomic E-state index is 15.4. The van der Waals surface area contributed by atoms with E-state index in [0.29, 0.717) is 0 Å². The zero-order valence-electron chi connectivity index (χ0n) is 28.4. The van der Waals surface area contributed by atoms with Crippen molar-refractivity contribution in [3.05, 3.63) is 12.0 Å². The van der Waals surface area contributed by atoms with Gasteiger partial charge in [-0.1, -0.05) is 5.16 Å². The number of hydrogen-bond acceptors (Lipinski definition) is 22. The highest BCUT2D eigenvalue weighted by Crippen LogP contribution is 2.61. The summed E-state index contributed by atoms with van der Waals surface area (Å²) in [6, 6.07) is 0. The number of rotatable bonds is 19. The van der Waals surface area contributed by atoms with Crippen LogP contribution in [0.15, 0.2) is 10.9 Å². The van der Waals surface area contributed by atoms with Crippen molar-refractivity contribution in [1.29, 1.82) is 0 Å². The van der Waals surface area contributed by atoms with Gasteiger partial charge in [0.1, 0.15) is 67.4 Å². The van der Waals surface area contributed by atoms with Gasteiger partial charge in [0.05, 0.1) is 6.61 Å². The number of hydrogen-bond donors (Lipinski definition) is 5. The Morgan fingerprint density at radius 3 is 2.23 bits per heavy atom. The molecule has 298 valence electrons. The Labute approximate surface area is 303 Å². The molecule has 6 N–H and O–H groups in total. The number of carbonyl (C=O) groups is 4. The van der Waals surface area contributed by atoms with E-state index in [0.717, 1.165) is 40.9 Å². The lowest BCUT2D eigenvalue weighted by Crippen LogP contribution is -2.48. The van der Waals surface area contributed by atoms with Crippen molar-refractivity contribution in [2.24, 2.45) is 0 Å². The molecular weight excluding hydrogens is 785 g/mol. The molecule has 0 aliphatic carbocycles. The van der Waals surface area contributed by atoms with Crippen LogP contribution in [0.3, 0.4) is 0 Å². The van der Waals surface area contributed by atoms with E-state index in [1.165, 1.54) is 0 Å². The molecule has 27 heteroatoms. The van der Waals surface area contributed by atoms with Gasteiger partial charge in [-0.15, -0.1) is 0 Å². The minimum absolute atomic E-state index is 0.0323.